The molecule has 10 heteroatoms. The number of carbonyl (C=O) groups is 3. The number of nitrogens with one attached hydrogen (secondary N) is 1. The van der Waals surface area contributed by atoms with Crippen LogP contribution in [0, 0.1) is 17.8 Å². The van der Waals surface area contributed by atoms with Crippen molar-refractivity contribution in [2.24, 2.45) is 28.0 Å². The van der Waals surface area contributed by atoms with Crippen molar-refractivity contribution in [2.45, 2.75) is 51.4 Å². The number of hydrogen-bond acceptors (Lipinski definition) is 8. The number of azo groups is 1. The average Bonchev–Trinajstić information content (AvgIpc) is 3.48. The highest BCUT2D eigenvalue weighted by Crippen LogP contribution is 2.44. The van der Waals surface area contributed by atoms with Crippen LogP contribution in [0.1, 0.15) is 38.2 Å². The second-order valence-electron chi connectivity index (χ2n) is 9.51. The van der Waals surface area contributed by atoms with Gasteiger partial charge in [-0.2, -0.15) is 5.11 Å². The Hall–Kier alpha value is -2.85. The van der Waals surface area contributed by atoms with E-state index in [0.717, 1.165) is 44.3 Å². The first kappa shape index (κ1) is 25.2. The van der Waals surface area contributed by atoms with Crippen LogP contribution >= 0.6 is 0 Å². The van der Waals surface area contributed by atoms with E-state index in [2.05, 4.69) is 20.4 Å². The summed E-state index contributed by atoms with van der Waals surface area (Å²) in [7, 11) is 0. The van der Waals surface area contributed by atoms with Crippen molar-refractivity contribution in [3.05, 3.63) is 35.9 Å². The van der Waals surface area contributed by atoms with E-state index in [1.165, 1.54) is 6.92 Å². The van der Waals surface area contributed by atoms with E-state index in [0.29, 0.717) is 19.1 Å². The van der Waals surface area contributed by atoms with Crippen molar-refractivity contribution in [2.75, 3.05) is 32.9 Å². The molecule has 2 amide bonds. The SMILES string of the molecule is CC(=O)OCC1C2CCC(O2)C1C(=O)N=NCN1CCC(CNC(=O)OCc2ccccc2)CC1. The minimum Gasteiger partial charge on any atom is -0.465 e. The van der Waals surface area contributed by atoms with Crippen LogP contribution in [-0.2, 0) is 30.4 Å². The van der Waals surface area contributed by atoms with Crippen LogP contribution in [0.2, 0.25) is 0 Å². The number of likely N-dealkylation sites (tertiary alicyclic amines) is 1. The fourth-order valence-electron chi connectivity index (χ4n) is 5.13. The zero-order chi connectivity index (χ0) is 24.6. The van der Waals surface area contributed by atoms with Crippen LogP contribution in [0.25, 0.3) is 0 Å². The normalized spacial score (nSPS) is 26.7. The van der Waals surface area contributed by atoms with Crippen molar-refractivity contribution in [3.63, 3.8) is 0 Å². The molecule has 1 N–H and O–H groups in total. The lowest BCUT2D eigenvalue weighted by Crippen LogP contribution is -2.39. The summed E-state index contributed by atoms with van der Waals surface area (Å²) in [4.78, 5) is 38.0. The van der Waals surface area contributed by atoms with Crippen LogP contribution in [0.15, 0.2) is 40.6 Å². The second-order valence-corrected chi connectivity index (χ2v) is 9.51. The van der Waals surface area contributed by atoms with E-state index in [-0.39, 0.29) is 43.2 Å². The van der Waals surface area contributed by atoms with Gasteiger partial charge in [0.05, 0.1) is 24.7 Å². The third-order valence-corrected chi connectivity index (χ3v) is 7.08. The quantitative estimate of drug-likeness (QED) is 0.421. The Bertz CT molecular complexity index is 902. The minimum atomic E-state index is -0.403. The predicted octanol–water partition coefficient (Wildman–Crippen LogP) is 2.92. The van der Waals surface area contributed by atoms with E-state index in [1.54, 1.807) is 0 Å². The van der Waals surface area contributed by atoms with Gasteiger partial charge in [0.1, 0.15) is 13.3 Å². The van der Waals surface area contributed by atoms with Crippen LogP contribution in [0.3, 0.4) is 0 Å². The molecule has 0 aliphatic carbocycles. The summed E-state index contributed by atoms with van der Waals surface area (Å²) in [6.07, 6.45) is 2.95. The molecule has 0 aromatic heterocycles. The summed E-state index contributed by atoms with van der Waals surface area (Å²) in [5.74, 6) is -0.810. The standard InChI is InChI=1S/C25H34N4O6/c1-17(30)33-15-20-21-7-8-22(35-21)23(20)24(31)28-27-16-29-11-9-18(10-12-29)13-26-25(32)34-14-19-5-3-2-4-6-19/h2-6,18,20-23H,7-16H2,1H3,(H,26,32). The number of ether oxygens (including phenoxy) is 3. The number of benzene rings is 1. The van der Waals surface area contributed by atoms with E-state index >= 15 is 0 Å². The molecule has 4 atom stereocenters. The van der Waals surface area contributed by atoms with E-state index in [4.69, 9.17) is 14.2 Å². The molecule has 3 aliphatic heterocycles. The van der Waals surface area contributed by atoms with Crippen molar-refractivity contribution in [1.82, 2.24) is 10.2 Å². The number of piperidine rings is 1. The Balaban J connectivity index is 1.13. The van der Waals surface area contributed by atoms with Gasteiger partial charge in [0.2, 0.25) is 0 Å². The summed E-state index contributed by atoms with van der Waals surface area (Å²) in [6, 6.07) is 9.58. The number of amides is 2. The molecule has 0 spiro atoms. The number of nitrogens with zero attached hydrogens (tertiary/aromatic N) is 3. The van der Waals surface area contributed by atoms with Gasteiger partial charge >= 0.3 is 12.1 Å². The number of hydrogen-bond donors (Lipinski definition) is 1. The Morgan fingerprint density at radius 2 is 1.80 bits per heavy atom. The van der Waals surface area contributed by atoms with Gasteiger partial charge in [0.25, 0.3) is 5.91 Å². The summed E-state index contributed by atoms with van der Waals surface area (Å²) in [6.45, 7) is 4.39. The number of alkyl carbamates (subject to hydrolysis) is 1. The first-order valence-corrected chi connectivity index (χ1v) is 12.4. The van der Waals surface area contributed by atoms with Crippen molar-refractivity contribution >= 4 is 18.0 Å². The van der Waals surface area contributed by atoms with Crippen LogP contribution in [-0.4, -0.2) is 68.0 Å². The lowest BCUT2D eigenvalue weighted by Gasteiger charge is -2.30. The average molecular weight is 487 g/mol. The zero-order valence-corrected chi connectivity index (χ0v) is 20.1. The van der Waals surface area contributed by atoms with Crippen molar-refractivity contribution in [1.29, 1.82) is 0 Å². The largest absolute Gasteiger partial charge is 0.465 e. The monoisotopic (exact) mass is 486 g/mol. The topological polar surface area (TPSA) is 119 Å². The fourth-order valence-corrected chi connectivity index (χ4v) is 5.13. The molecule has 4 rings (SSSR count). The molecule has 10 nitrogen and oxygen atoms in total. The predicted molar refractivity (Wildman–Crippen MR) is 125 cm³/mol. The summed E-state index contributed by atoms with van der Waals surface area (Å²) in [5.41, 5.74) is 0.955. The third kappa shape index (κ3) is 7.08. The first-order valence-electron chi connectivity index (χ1n) is 12.4. The maximum Gasteiger partial charge on any atom is 0.407 e. The maximum absolute atomic E-state index is 12.7. The zero-order valence-electron chi connectivity index (χ0n) is 20.1. The van der Waals surface area contributed by atoms with E-state index < -0.39 is 12.0 Å². The van der Waals surface area contributed by atoms with Gasteiger partial charge in [-0.05, 0) is 37.2 Å². The molecule has 4 unspecified atom stereocenters. The van der Waals surface area contributed by atoms with Crippen molar-refractivity contribution < 1.29 is 28.6 Å². The molecule has 35 heavy (non-hydrogen) atoms. The molecule has 190 valence electrons. The van der Waals surface area contributed by atoms with Gasteiger partial charge in [0, 0.05) is 32.5 Å². The molecule has 1 aromatic carbocycles. The molecule has 0 radical (unpaired) electrons. The number of esters is 1. The van der Waals surface area contributed by atoms with Gasteiger partial charge < -0.3 is 19.5 Å². The highest BCUT2D eigenvalue weighted by Gasteiger charge is 2.52. The van der Waals surface area contributed by atoms with Crippen molar-refractivity contribution in [3.8, 4) is 0 Å². The number of fused-ring (bicyclic) bond motifs is 2. The summed E-state index contributed by atoms with van der Waals surface area (Å²) >= 11 is 0. The molecule has 3 aliphatic rings. The van der Waals surface area contributed by atoms with Gasteiger partial charge in [-0.25, -0.2) is 4.79 Å². The molecule has 3 fully saturated rings. The Labute approximate surface area is 205 Å². The Kier molecular flexibility index (Phi) is 8.81. The Morgan fingerprint density at radius 3 is 2.54 bits per heavy atom. The highest BCUT2D eigenvalue weighted by atomic mass is 16.6. The maximum atomic E-state index is 12.7. The smallest absolute Gasteiger partial charge is 0.407 e. The van der Waals surface area contributed by atoms with Gasteiger partial charge in [0.15, 0.2) is 0 Å². The fraction of sp³-hybridized carbons (Fsp3) is 0.640. The molecule has 2 bridgehead atoms. The molecule has 1 aromatic rings. The second kappa shape index (κ2) is 12.2. The summed E-state index contributed by atoms with van der Waals surface area (Å²) in [5, 5.41) is 11.0. The van der Waals surface area contributed by atoms with Gasteiger partial charge in [-0.1, -0.05) is 30.3 Å². The summed E-state index contributed by atoms with van der Waals surface area (Å²) < 4.78 is 16.3. The number of rotatable bonds is 9. The molecule has 0 saturated carbocycles. The molecule has 3 saturated heterocycles. The highest BCUT2D eigenvalue weighted by molar-refractivity contribution is 5.80. The molecular weight excluding hydrogens is 452 g/mol. The van der Waals surface area contributed by atoms with Crippen LogP contribution in [0.5, 0.6) is 0 Å². The number of carbonyl (C=O) groups excluding carboxylic acids is 3. The van der Waals surface area contributed by atoms with Gasteiger partial charge in [-0.15, -0.1) is 5.11 Å². The van der Waals surface area contributed by atoms with Crippen LogP contribution in [0.4, 0.5) is 4.79 Å². The third-order valence-electron chi connectivity index (χ3n) is 7.08. The lowest BCUT2D eigenvalue weighted by molar-refractivity contribution is -0.144. The lowest BCUT2D eigenvalue weighted by atomic mass is 9.79. The first-order chi connectivity index (χ1) is 17.0. The van der Waals surface area contributed by atoms with E-state index in [1.807, 2.05) is 30.3 Å². The van der Waals surface area contributed by atoms with E-state index in [9.17, 15) is 14.4 Å². The van der Waals surface area contributed by atoms with Gasteiger partial charge in [-0.3, -0.25) is 14.5 Å². The molecular formula is C25H34N4O6. The van der Waals surface area contributed by atoms with Crippen LogP contribution < -0.4 is 5.32 Å². The molecule has 3 heterocycles. The minimum absolute atomic E-state index is 0.0493. The Morgan fingerprint density at radius 1 is 1.06 bits per heavy atom.